The van der Waals surface area contributed by atoms with Gasteiger partial charge in [-0.05, 0) is 62.4 Å². The first-order chi connectivity index (χ1) is 18.8. The molecule has 1 N–H and O–H groups in total. The average molecular weight is 529 g/mol. The van der Waals surface area contributed by atoms with Gasteiger partial charge in [0, 0.05) is 12.5 Å². The maximum absolute atomic E-state index is 14.3. The Balaban J connectivity index is 1.48. The largest absolute Gasteiger partial charge is 0.491 e. The molecule has 2 saturated heterocycles. The predicted molar refractivity (Wildman–Crippen MR) is 142 cm³/mol. The van der Waals surface area contributed by atoms with Gasteiger partial charge < -0.3 is 9.84 Å². The van der Waals surface area contributed by atoms with Crippen LogP contribution in [-0.2, 0) is 19.2 Å². The maximum atomic E-state index is 14.3. The first-order valence-electron chi connectivity index (χ1n) is 13.6. The number of rotatable bonds is 6. The van der Waals surface area contributed by atoms with E-state index >= 15 is 0 Å². The van der Waals surface area contributed by atoms with Crippen molar-refractivity contribution in [2.45, 2.75) is 32.6 Å². The number of fused-ring (bicyclic) bond motifs is 4. The highest BCUT2D eigenvalue weighted by molar-refractivity contribution is 6.24. The zero-order chi connectivity index (χ0) is 27.5. The fraction of sp³-hybridized carbons (Fsp3) is 0.419. The van der Waals surface area contributed by atoms with Crippen molar-refractivity contribution in [3.63, 3.8) is 0 Å². The molecule has 39 heavy (non-hydrogen) atoms. The summed E-state index contributed by atoms with van der Waals surface area (Å²) in [5, 5.41) is 9.11. The van der Waals surface area contributed by atoms with Crippen LogP contribution in [0.25, 0.3) is 0 Å². The Bertz CT molecular complexity index is 1370. The molecule has 202 valence electrons. The summed E-state index contributed by atoms with van der Waals surface area (Å²) in [5.74, 6) is -2.57. The zero-order valence-corrected chi connectivity index (χ0v) is 22.1. The van der Waals surface area contributed by atoms with Gasteiger partial charge in [-0.3, -0.25) is 24.1 Å². The fourth-order valence-corrected chi connectivity index (χ4v) is 7.52. The van der Waals surface area contributed by atoms with Gasteiger partial charge in [0.05, 0.1) is 35.5 Å². The Morgan fingerprint density at radius 2 is 1.67 bits per heavy atom. The number of likely N-dealkylation sites (tertiary alicyclic amines) is 1. The van der Waals surface area contributed by atoms with E-state index in [1.165, 1.54) is 9.80 Å². The average Bonchev–Trinajstić information content (AvgIpc) is 3.31. The molecule has 2 aromatic rings. The lowest BCUT2D eigenvalue weighted by Gasteiger charge is -2.49. The molecule has 8 nitrogen and oxygen atoms in total. The highest BCUT2D eigenvalue weighted by Crippen LogP contribution is 2.63. The second kappa shape index (κ2) is 9.45. The van der Waals surface area contributed by atoms with Gasteiger partial charge in [0.25, 0.3) is 0 Å². The number of benzene rings is 2. The van der Waals surface area contributed by atoms with Crippen LogP contribution in [0, 0.1) is 29.1 Å². The predicted octanol–water partition coefficient (Wildman–Crippen LogP) is 3.31. The van der Waals surface area contributed by atoms with Crippen LogP contribution in [-0.4, -0.2) is 53.4 Å². The molecule has 0 radical (unpaired) electrons. The maximum Gasteiger partial charge on any atom is 0.241 e. The van der Waals surface area contributed by atoms with E-state index in [0.717, 1.165) is 11.1 Å². The molecule has 8 heteroatoms. The van der Waals surface area contributed by atoms with Crippen LogP contribution in [0.3, 0.4) is 0 Å². The van der Waals surface area contributed by atoms with Crippen molar-refractivity contribution in [3.05, 3.63) is 71.8 Å². The molecule has 4 amide bonds. The number of ether oxygens (including phenoxy) is 1. The third-order valence-corrected chi connectivity index (χ3v) is 9.27. The number of anilines is 1. The van der Waals surface area contributed by atoms with Gasteiger partial charge in [-0.15, -0.1) is 0 Å². The molecule has 0 spiro atoms. The lowest BCUT2D eigenvalue weighted by molar-refractivity contribution is -0.140. The normalized spacial score (nSPS) is 31.7. The minimum Gasteiger partial charge on any atom is -0.491 e. The Labute approximate surface area is 227 Å². The van der Waals surface area contributed by atoms with Gasteiger partial charge in [-0.2, -0.15) is 0 Å². The summed E-state index contributed by atoms with van der Waals surface area (Å²) in [6.45, 7) is 4.08. The van der Waals surface area contributed by atoms with E-state index in [0.29, 0.717) is 30.8 Å². The van der Waals surface area contributed by atoms with Crippen molar-refractivity contribution >= 4 is 29.3 Å². The van der Waals surface area contributed by atoms with Gasteiger partial charge in [0.2, 0.25) is 23.6 Å². The number of aliphatic hydroxyl groups is 1. The summed E-state index contributed by atoms with van der Waals surface area (Å²) in [5.41, 5.74) is 1.29. The highest BCUT2D eigenvalue weighted by Gasteiger charge is 2.67. The van der Waals surface area contributed by atoms with Gasteiger partial charge in [0.1, 0.15) is 12.4 Å². The lowest BCUT2D eigenvalue weighted by Crippen LogP contribution is -2.48. The van der Waals surface area contributed by atoms with Crippen molar-refractivity contribution in [3.8, 4) is 5.75 Å². The van der Waals surface area contributed by atoms with E-state index in [2.05, 4.69) is 6.08 Å². The van der Waals surface area contributed by atoms with Crippen molar-refractivity contribution < 1.29 is 29.0 Å². The number of para-hydroxylation sites is 1. The molecular formula is C31H32N2O6. The van der Waals surface area contributed by atoms with E-state index in [1.807, 2.05) is 25.1 Å². The number of carbonyl (C=O) groups excluding carboxylic acids is 4. The Morgan fingerprint density at radius 3 is 2.33 bits per heavy atom. The van der Waals surface area contributed by atoms with Gasteiger partial charge in [0.15, 0.2) is 0 Å². The number of carbonyl (C=O) groups is 4. The third kappa shape index (κ3) is 3.61. The first-order valence-corrected chi connectivity index (χ1v) is 13.6. The van der Waals surface area contributed by atoms with E-state index in [4.69, 9.17) is 9.84 Å². The van der Waals surface area contributed by atoms with E-state index < -0.39 is 29.1 Å². The van der Waals surface area contributed by atoms with Crippen molar-refractivity contribution in [2.75, 3.05) is 24.7 Å². The van der Waals surface area contributed by atoms with Crippen molar-refractivity contribution in [1.82, 2.24) is 4.90 Å². The Hall–Kier alpha value is -3.78. The van der Waals surface area contributed by atoms with E-state index in [9.17, 15) is 19.2 Å². The smallest absolute Gasteiger partial charge is 0.241 e. The minimum atomic E-state index is -1.06. The van der Waals surface area contributed by atoms with Crippen LogP contribution in [0.15, 0.2) is 66.2 Å². The van der Waals surface area contributed by atoms with Crippen LogP contribution >= 0.6 is 0 Å². The molecule has 2 heterocycles. The fourth-order valence-electron chi connectivity index (χ4n) is 7.52. The quantitative estimate of drug-likeness (QED) is 0.456. The minimum absolute atomic E-state index is 0.102. The number of aliphatic hydroxyl groups excluding tert-OH is 1. The summed E-state index contributed by atoms with van der Waals surface area (Å²) in [7, 11) is 0. The Morgan fingerprint density at radius 1 is 0.949 bits per heavy atom. The van der Waals surface area contributed by atoms with Crippen LogP contribution < -0.4 is 9.64 Å². The molecule has 1 saturated carbocycles. The van der Waals surface area contributed by atoms with E-state index in [-0.39, 0.29) is 42.8 Å². The topological polar surface area (TPSA) is 104 Å². The molecule has 6 unspecified atom stereocenters. The molecule has 2 aliphatic heterocycles. The molecule has 3 fully saturated rings. The van der Waals surface area contributed by atoms with E-state index in [1.54, 1.807) is 43.3 Å². The molecule has 4 aliphatic rings. The standard InChI is InChI=1S/C31H32N2O6/c1-3-32-27(35)22-14-13-21-23(25(22)29(32)37)17-24-28(36)33(19-7-5-4-6-8-19)30(38)31(24,2)26(21)18-9-11-20(12-10-18)39-16-15-34/h4-13,22-26,34H,3,14-17H2,1-2H3. The molecule has 0 aromatic heterocycles. The summed E-state index contributed by atoms with van der Waals surface area (Å²) in [6.07, 6.45) is 2.85. The molecule has 2 aromatic carbocycles. The molecule has 6 rings (SSSR count). The summed E-state index contributed by atoms with van der Waals surface area (Å²) >= 11 is 0. The second-order valence-electron chi connectivity index (χ2n) is 11.1. The lowest BCUT2D eigenvalue weighted by atomic mass is 9.51. The van der Waals surface area contributed by atoms with Crippen LogP contribution in [0.5, 0.6) is 5.75 Å². The molecule has 6 atom stereocenters. The highest BCUT2D eigenvalue weighted by atomic mass is 16.5. The Kier molecular flexibility index (Phi) is 6.18. The second-order valence-corrected chi connectivity index (χ2v) is 11.1. The van der Waals surface area contributed by atoms with Crippen LogP contribution in [0.4, 0.5) is 5.69 Å². The monoisotopic (exact) mass is 528 g/mol. The number of hydrogen-bond donors (Lipinski definition) is 1. The molecular weight excluding hydrogens is 496 g/mol. The number of allylic oxidation sites excluding steroid dienone is 2. The van der Waals surface area contributed by atoms with Crippen LogP contribution in [0.2, 0.25) is 0 Å². The summed E-state index contributed by atoms with van der Waals surface area (Å²) in [6, 6.07) is 16.4. The number of hydrogen-bond acceptors (Lipinski definition) is 6. The SMILES string of the molecule is CCN1C(=O)C2CC=C3C(CC4C(=O)N(c5ccccc5)C(=O)C4(C)C3c3ccc(OCCO)cc3)C2C1=O. The molecule has 2 aliphatic carbocycles. The first kappa shape index (κ1) is 25.5. The van der Waals surface area contributed by atoms with Gasteiger partial charge in [-0.1, -0.05) is 42.0 Å². The van der Waals surface area contributed by atoms with Crippen LogP contribution in [0.1, 0.15) is 38.2 Å². The number of imide groups is 2. The zero-order valence-electron chi connectivity index (χ0n) is 22.1. The van der Waals surface area contributed by atoms with Gasteiger partial charge >= 0.3 is 0 Å². The van der Waals surface area contributed by atoms with Gasteiger partial charge in [-0.25, -0.2) is 4.90 Å². The number of amides is 4. The third-order valence-electron chi connectivity index (χ3n) is 9.27. The van der Waals surface area contributed by atoms with Crippen molar-refractivity contribution in [1.29, 1.82) is 0 Å². The summed E-state index contributed by atoms with van der Waals surface area (Å²) in [4.78, 5) is 57.6. The molecule has 0 bridgehead atoms. The number of nitrogens with zero attached hydrogens (tertiary/aromatic N) is 2. The summed E-state index contributed by atoms with van der Waals surface area (Å²) < 4.78 is 5.55. The van der Waals surface area contributed by atoms with Crippen molar-refractivity contribution in [2.24, 2.45) is 29.1 Å².